The number of ether oxygens (including phenoxy) is 1. The second-order valence-corrected chi connectivity index (χ2v) is 12.5. The Kier molecular flexibility index (Phi) is 4.16. The van der Waals surface area contributed by atoms with Crippen LogP contribution in [0.1, 0.15) is 35.1 Å². The zero-order valence-electron chi connectivity index (χ0n) is 20.0. The Labute approximate surface area is 209 Å². The first kappa shape index (κ1) is 21.7. The smallest absolute Gasteiger partial charge is 0.482 e. The number of phosphoric acid groups is 1. The number of phosphoric ester groups is 1. The number of aliphatic hydroxyl groups is 1. The second kappa shape index (κ2) is 6.91. The predicted molar refractivity (Wildman–Crippen MR) is 132 cm³/mol. The monoisotopic (exact) mass is 505 g/mol. The van der Waals surface area contributed by atoms with E-state index in [0.29, 0.717) is 18.2 Å². The molecule has 2 spiro atoms. The molecule has 186 valence electrons. The SMILES string of the molecule is CN1C2C3C=CC(O)C4Oc5c(OP(=O)(O)OCCC6=CCc7ccccc7C6)ccc6c5C34CC621. The minimum Gasteiger partial charge on any atom is -0.482 e. The number of likely N-dealkylation sites (tertiary alicyclic amines) is 1. The van der Waals surface area contributed by atoms with Gasteiger partial charge in [-0.3, -0.25) is 14.3 Å². The Hall–Kier alpha value is -2.41. The van der Waals surface area contributed by atoms with Crippen molar-refractivity contribution in [3.05, 3.63) is 82.5 Å². The normalized spacial score (nSPS) is 39.0. The summed E-state index contributed by atoms with van der Waals surface area (Å²) < 4.78 is 30.3. The average Bonchev–Trinajstić information content (AvgIpc) is 3.16. The van der Waals surface area contributed by atoms with Crippen molar-refractivity contribution in [2.45, 2.75) is 54.9 Å². The first-order valence-electron chi connectivity index (χ1n) is 12.7. The van der Waals surface area contributed by atoms with Crippen molar-refractivity contribution in [2.75, 3.05) is 13.7 Å². The molecule has 1 saturated carbocycles. The number of aliphatic hydroxyl groups excluding tert-OH is 1. The molecule has 0 radical (unpaired) electrons. The van der Waals surface area contributed by atoms with Gasteiger partial charge in [-0.05, 0) is 55.5 Å². The first-order chi connectivity index (χ1) is 17.3. The van der Waals surface area contributed by atoms with Gasteiger partial charge in [-0.1, -0.05) is 54.1 Å². The van der Waals surface area contributed by atoms with E-state index in [1.807, 2.05) is 24.3 Å². The summed E-state index contributed by atoms with van der Waals surface area (Å²) in [6.45, 7) is 0.0930. The predicted octanol–water partition coefficient (Wildman–Crippen LogP) is 3.77. The molecular formula is C28H28NO6P. The van der Waals surface area contributed by atoms with Gasteiger partial charge in [-0.15, -0.1) is 0 Å². The number of likely N-dealkylation sites (N-methyl/N-ethyl adjacent to an activating group) is 1. The van der Waals surface area contributed by atoms with Gasteiger partial charge in [0.05, 0.1) is 12.1 Å². The van der Waals surface area contributed by atoms with Crippen molar-refractivity contribution in [3.63, 3.8) is 0 Å². The Morgan fingerprint density at radius 3 is 2.89 bits per heavy atom. The molecule has 2 fully saturated rings. The highest BCUT2D eigenvalue weighted by molar-refractivity contribution is 7.47. The topological polar surface area (TPSA) is 88.2 Å². The number of rotatable bonds is 6. The van der Waals surface area contributed by atoms with Gasteiger partial charge in [0.15, 0.2) is 11.5 Å². The molecule has 2 bridgehead atoms. The standard InChI is InChI=1S/C28H28NO6P/c1-29-25-20-8-10-21(30)26-27(20)15-28(25,29)19-9-11-22(24(34-26)23(19)27)35-36(31,32)33-13-12-16-6-7-17-4-2-3-5-18(17)14-16/h2-6,8-11,20-21,25-26,30H,7,12-15H2,1H3,(H,31,32). The molecular weight excluding hydrogens is 477 g/mol. The molecule has 2 N–H and O–H groups in total. The maximum Gasteiger partial charge on any atom is 0.527 e. The Balaban J connectivity index is 1.03. The van der Waals surface area contributed by atoms with E-state index < -0.39 is 20.0 Å². The van der Waals surface area contributed by atoms with E-state index in [1.165, 1.54) is 22.3 Å². The summed E-state index contributed by atoms with van der Waals surface area (Å²) in [5.74, 6) is 0.959. The van der Waals surface area contributed by atoms with Crippen LogP contribution in [0, 0.1) is 5.92 Å². The Morgan fingerprint density at radius 2 is 2.03 bits per heavy atom. The molecule has 6 aliphatic rings. The van der Waals surface area contributed by atoms with E-state index >= 15 is 0 Å². The molecule has 1 saturated heterocycles. The largest absolute Gasteiger partial charge is 0.527 e. The first-order valence-corrected chi connectivity index (χ1v) is 14.2. The summed E-state index contributed by atoms with van der Waals surface area (Å²) in [6.07, 6.45) is 8.19. The van der Waals surface area contributed by atoms with Crippen LogP contribution in [-0.2, 0) is 32.9 Å². The summed E-state index contributed by atoms with van der Waals surface area (Å²) >= 11 is 0. The molecule has 2 heterocycles. The summed E-state index contributed by atoms with van der Waals surface area (Å²) in [7, 11) is -2.22. The third-order valence-corrected chi connectivity index (χ3v) is 10.6. The maximum absolute atomic E-state index is 12.9. The molecule has 2 aliphatic heterocycles. The lowest BCUT2D eigenvalue weighted by Gasteiger charge is -2.40. The fourth-order valence-corrected chi connectivity index (χ4v) is 8.94. The highest BCUT2D eigenvalue weighted by Gasteiger charge is 2.84. The Morgan fingerprint density at radius 1 is 1.19 bits per heavy atom. The summed E-state index contributed by atoms with van der Waals surface area (Å²) in [6, 6.07) is 12.5. The molecule has 7 nitrogen and oxygen atoms in total. The number of hydrogen-bond donors (Lipinski definition) is 2. The summed E-state index contributed by atoms with van der Waals surface area (Å²) in [5, 5.41) is 10.8. The van der Waals surface area contributed by atoms with Crippen LogP contribution in [0.4, 0.5) is 0 Å². The zero-order valence-corrected chi connectivity index (χ0v) is 20.9. The lowest BCUT2D eigenvalue weighted by Crippen LogP contribution is -2.51. The molecule has 2 aromatic carbocycles. The fraction of sp³-hybridized carbons (Fsp3) is 0.429. The maximum atomic E-state index is 12.9. The van der Waals surface area contributed by atoms with E-state index in [9.17, 15) is 14.6 Å². The van der Waals surface area contributed by atoms with Gasteiger partial charge in [0.1, 0.15) is 12.2 Å². The number of fused-ring (bicyclic) bond motifs is 2. The second-order valence-electron chi connectivity index (χ2n) is 11.1. The van der Waals surface area contributed by atoms with Crippen molar-refractivity contribution < 1.29 is 28.3 Å². The number of piperidine rings is 1. The van der Waals surface area contributed by atoms with Crippen LogP contribution in [0.5, 0.6) is 11.5 Å². The van der Waals surface area contributed by atoms with Gasteiger partial charge in [-0.25, -0.2) is 4.57 Å². The number of allylic oxidation sites excluding steroid dienone is 1. The van der Waals surface area contributed by atoms with E-state index in [-0.39, 0.29) is 29.2 Å². The molecule has 8 rings (SSSR count). The minimum atomic E-state index is -4.37. The van der Waals surface area contributed by atoms with E-state index in [2.05, 4.69) is 36.2 Å². The van der Waals surface area contributed by atoms with Crippen LogP contribution in [0.2, 0.25) is 0 Å². The van der Waals surface area contributed by atoms with Crippen LogP contribution in [-0.4, -0.2) is 46.8 Å². The van der Waals surface area contributed by atoms with Crippen LogP contribution >= 0.6 is 7.82 Å². The van der Waals surface area contributed by atoms with Crippen molar-refractivity contribution in [1.82, 2.24) is 4.90 Å². The summed E-state index contributed by atoms with van der Waals surface area (Å²) in [4.78, 5) is 13.0. The van der Waals surface area contributed by atoms with Gasteiger partial charge in [0.25, 0.3) is 0 Å². The summed E-state index contributed by atoms with van der Waals surface area (Å²) in [5.41, 5.74) is 5.73. The van der Waals surface area contributed by atoms with E-state index in [1.54, 1.807) is 6.07 Å². The van der Waals surface area contributed by atoms with Gasteiger partial charge >= 0.3 is 7.82 Å². The molecule has 36 heavy (non-hydrogen) atoms. The van der Waals surface area contributed by atoms with Crippen molar-refractivity contribution >= 4 is 7.82 Å². The van der Waals surface area contributed by atoms with Crippen molar-refractivity contribution in [1.29, 1.82) is 0 Å². The van der Waals surface area contributed by atoms with Crippen LogP contribution < -0.4 is 9.26 Å². The Bertz CT molecular complexity index is 1440. The van der Waals surface area contributed by atoms with Gasteiger partial charge in [-0.2, -0.15) is 0 Å². The van der Waals surface area contributed by atoms with Gasteiger partial charge in [0, 0.05) is 22.9 Å². The average molecular weight is 506 g/mol. The van der Waals surface area contributed by atoms with Crippen LogP contribution in [0.15, 0.2) is 60.2 Å². The zero-order chi connectivity index (χ0) is 24.4. The third kappa shape index (κ3) is 2.55. The molecule has 8 unspecified atom stereocenters. The molecule has 0 amide bonds. The lowest BCUT2D eigenvalue weighted by atomic mass is 9.64. The number of benzene rings is 2. The third-order valence-electron chi connectivity index (χ3n) is 9.63. The fourth-order valence-electron chi connectivity index (χ4n) is 8.17. The van der Waals surface area contributed by atoms with E-state index in [0.717, 1.165) is 24.8 Å². The number of hydrogen-bond acceptors (Lipinski definition) is 6. The van der Waals surface area contributed by atoms with Crippen molar-refractivity contribution in [2.24, 2.45) is 5.92 Å². The molecule has 2 aromatic rings. The van der Waals surface area contributed by atoms with Gasteiger partial charge in [0.2, 0.25) is 0 Å². The van der Waals surface area contributed by atoms with Crippen LogP contribution in [0.25, 0.3) is 0 Å². The number of nitrogens with zero attached hydrogens (tertiary/aromatic N) is 1. The lowest BCUT2D eigenvalue weighted by molar-refractivity contribution is 0.00621. The molecule has 0 aromatic heterocycles. The van der Waals surface area contributed by atoms with Crippen molar-refractivity contribution in [3.8, 4) is 11.5 Å². The highest BCUT2D eigenvalue weighted by Crippen LogP contribution is 2.80. The minimum absolute atomic E-state index is 0.0323. The molecule has 8 atom stereocenters. The van der Waals surface area contributed by atoms with Gasteiger partial charge < -0.3 is 14.4 Å². The van der Waals surface area contributed by atoms with E-state index in [4.69, 9.17) is 13.8 Å². The molecule has 4 aliphatic carbocycles. The van der Waals surface area contributed by atoms with Crippen LogP contribution in [0.3, 0.4) is 0 Å². The quantitative estimate of drug-likeness (QED) is 0.351. The molecule has 8 heteroatoms. The highest BCUT2D eigenvalue weighted by atomic mass is 31.2.